The van der Waals surface area contributed by atoms with Gasteiger partial charge in [-0.3, -0.25) is 14.6 Å². The predicted molar refractivity (Wildman–Crippen MR) is 62.8 cm³/mol. The van der Waals surface area contributed by atoms with Gasteiger partial charge in [0, 0.05) is 26.0 Å². The fourth-order valence-corrected chi connectivity index (χ4v) is 1.96. The van der Waals surface area contributed by atoms with Gasteiger partial charge in [-0.05, 0) is 12.5 Å². The molecule has 1 aliphatic rings. The quantitative estimate of drug-likeness (QED) is 0.844. The Morgan fingerprint density at radius 3 is 3.00 bits per heavy atom. The van der Waals surface area contributed by atoms with Crippen LogP contribution in [-0.2, 0) is 4.79 Å². The molecule has 0 bridgehead atoms. The maximum atomic E-state index is 11.9. The molecule has 2 heterocycles. The second-order valence-corrected chi connectivity index (χ2v) is 4.34. The molecule has 1 fully saturated rings. The van der Waals surface area contributed by atoms with Crippen LogP contribution in [0.25, 0.3) is 0 Å². The van der Waals surface area contributed by atoms with Crippen LogP contribution in [0.15, 0.2) is 18.5 Å². The van der Waals surface area contributed by atoms with Crippen molar-refractivity contribution >= 4 is 23.4 Å². The van der Waals surface area contributed by atoms with Gasteiger partial charge in [-0.15, -0.1) is 0 Å². The minimum Gasteiger partial charge on any atom is -0.344 e. The average molecular weight is 254 g/mol. The summed E-state index contributed by atoms with van der Waals surface area (Å²) in [6.45, 7) is 0.661. The molecular weight excluding hydrogens is 242 g/mol. The Morgan fingerprint density at radius 1 is 1.65 bits per heavy atom. The molecule has 1 saturated heterocycles. The first-order valence-corrected chi connectivity index (χ1v) is 5.62. The monoisotopic (exact) mass is 253 g/mol. The Kier molecular flexibility index (Phi) is 3.28. The molecule has 90 valence electrons. The Hall–Kier alpha value is -1.62. The number of hydrogen-bond acceptors (Lipinski definition) is 3. The van der Waals surface area contributed by atoms with Gasteiger partial charge in [0.1, 0.15) is 6.04 Å². The number of nitrogens with one attached hydrogen (secondary N) is 1. The maximum absolute atomic E-state index is 11.9. The Balaban J connectivity index is 2.08. The van der Waals surface area contributed by atoms with Gasteiger partial charge in [-0.1, -0.05) is 11.6 Å². The van der Waals surface area contributed by atoms with Crippen molar-refractivity contribution in [2.24, 2.45) is 0 Å². The van der Waals surface area contributed by atoms with E-state index in [0.717, 1.165) is 0 Å². The molecule has 5 nitrogen and oxygen atoms in total. The summed E-state index contributed by atoms with van der Waals surface area (Å²) in [5.41, 5.74) is 0.337. The van der Waals surface area contributed by atoms with Crippen molar-refractivity contribution in [3.05, 3.63) is 29.0 Å². The van der Waals surface area contributed by atoms with Gasteiger partial charge in [-0.25, -0.2) is 0 Å². The molecule has 6 heteroatoms. The fraction of sp³-hybridized carbons (Fsp3) is 0.364. The molecule has 1 aliphatic heterocycles. The number of carbonyl (C=O) groups is 2. The zero-order valence-corrected chi connectivity index (χ0v) is 10.1. The number of rotatable bonds is 2. The van der Waals surface area contributed by atoms with Crippen molar-refractivity contribution in [1.29, 1.82) is 0 Å². The number of carbonyl (C=O) groups excluding carboxylic acids is 2. The minimum atomic E-state index is -0.447. The number of amides is 2. The van der Waals surface area contributed by atoms with Gasteiger partial charge >= 0.3 is 0 Å². The zero-order valence-electron chi connectivity index (χ0n) is 9.31. The lowest BCUT2D eigenvalue weighted by molar-refractivity contribution is -0.128. The van der Waals surface area contributed by atoms with Crippen molar-refractivity contribution in [3.63, 3.8) is 0 Å². The maximum Gasteiger partial charge on any atom is 0.253 e. The summed E-state index contributed by atoms with van der Waals surface area (Å²) < 4.78 is 0. The lowest BCUT2D eigenvalue weighted by Gasteiger charge is -2.12. The number of halogens is 1. The molecule has 0 saturated carbocycles. The Morgan fingerprint density at radius 2 is 2.41 bits per heavy atom. The SMILES string of the molecule is CN1CC[C@H](NC(=O)c2ccncc2Cl)C1=O. The Bertz CT molecular complexity index is 464. The molecule has 1 aromatic rings. The van der Waals surface area contributed by atoms with Crippen LogP contribution in [-0.4, -0.2) is 41.3 Å². The number of likely N-dealkylation sites (N-methyl/N-ethyl adjacent to an activating group) is 1. The molecule has 0 aliphatic carbocycles. The summed E-state index contributed by atoms with van der Waals surface area (Å²) in [7, 11) is 1.72. The topological polar surface area (TPSA) is 62.3 Å². The van der Waals surface area contributed by atoms with Gasteiger partial charge in [0.05, 0.1) is 10.6 Å². The van der Waals surface area contributed by atoms with Crippen LogP contribution >= 0.6 is 11.6 Å². The van der Waals surface area contributed by atoms with Crippen LogP contribution in [0.1, 0.15) is 16.8 Å². The normalized spacial score (nSPS) is 19.5. The van der Waals surface area contributed by atoms with E-state index >= 15 is 0 Å². The summed E-state index contributed by atoms with van der Waals surface area (Å²) in [6, 6.07) is 1.08. The predicted octanol–water partition coefficient (Wildman–Crippen LogP) is 0.695. The van der Waals surface area contributed by atoms with E-state index in [4.69, 9.17) is 11.6 Å². The molecular formula is C11H12ClN3O2. The van der Waals surface area contributed by atoms with Gasteiger partial charge in [0.15, 0.2) is 0 Å². The van der Waals surface area contributed by atoms with Gasteiger partial charge < -0.3 is 10.2 Å². The third-order valence-electron chi connectivity index (χ3n) is 2.75. The Labute approximate surface area is 104 Å². The van der Waals surface area contributed by atoms with E-state index < -0.39 is 6.04 Å². The summed E-state index contributed by atoms with van der Waals surface area (Å²) in [4.78, 5) is 28.9. The first kappa shape index (κ1) is 11.9. The van der Waals surface area contributed by atoms with E-state index in [-0.39, 0.29) is 16.8 Å². The standard InChI is InChI=1S/C11H12ClN3O2/c1-15-5-3-9(11(15)17)14-10(16)7-2-4-13-6-8(7)12/h2,4,6,9H,3,5H2,1H3,(H,14,16)/t9-/m0/s1. The summed E-state index contributed by atoms with van der Waals surface area (Å²) in [5.74, 6) is -0.408. The van der Waals surface area contributed by atoms with Crippen molar-refractivity contribution in [2.75, 3.05) is 13.6 Å². The highest BCUT2D eigenvalue weighted by Gasteiger charge is 2.30. The number of likely N-dealkylation sites (tertiary alicyclic amines) is 1. The van der Waals surface area contributed by atoms with Crippen molar-refractivity contribution in [1.82, 2.24) is 15.2 Å². The van der Waals surface area contributed by atoms with Crippen LogP contribution in [0.3, 0.4) is 0 Å². The molecule has 2 rings (SSSR count). The summed E-state index contributed by atoms with van der Waals surface area (Å²) in [6.07, 6.45) is 3.52. The molecule has 0 radical (unpaired) electrons. The molecule has 0 spiro atoms. The van der Waals surface area contributed by atoms with E-state index in [2.05, 4.69) is 10.3 Å². The van der Waals surface area contributed by atoms with Crippen LogP contribution in [0.4, 0.5) is 0 Å². The first-order valence-electron chi connectivity index (χ1n) is 5.25. The van der Waals surface area contributed by atoms with E-state index in [1.807, 2.05) is 0 Å². The number of nitrogens with zero attached hydrogens (tertiary/aromatic N) is 2. The van der Waals surface area contributed by atoms with Crippen molar-refractivity contribution < 1.29 is 9.59 Å². The van der Waals surface area contributed by atoms with Gasteiger partial charge in [-0.2, -0.15) is 0 Å². The van der Waals surface area contributed by atoms with Crippen molar-refractivity contribution in [3.8, 4) is 0 Å². The van der Waals surface area contributed by atoms with Crippen LogP contribution in [0.2, 0.25) is 5.02 Å². The largest absolute Gasteiger partial charge is 0.344 e. The minimum absolute atomic E-state index is 0.0662. The van der Waals surface area contributed by atoms with E-state index in [0.29, 0.717) is 18.5 Å². The van der Waals surface area contributed by atoms with E-state index in [9.17, 15) is 9.59 Å². The smallest absolute Gasteiger partial charge is 0.253 e. The highest BCUT2D eigenvalue weighted by Crippen LogP contribution is 2.15. The van der Waals surface area contributed by atoms with Crippen LogP contribution in [0, 0.1) is 0 Å². The van der Waals surface area contributed by atoms with E-state index in [1.54, 1.807) is 11.9 Å². The van der Waals surface area contributed by atoms with Gasteiger partial charge in [0.2, 0.25) is 5.91 Å². The zero-order chi connectivity index (χ0) is 12.4. The highest BCUT2D eigenvalue weighted by molar-refractivity contribution is 6.33. The molecule has 1 atom stereocenters. The average Bonchev–Trinajstić information content (AvgIpc) is 2.61. The van der Waals surface area contributed by atoms with Crippen molar-refractivity contribution in [2.45, 2.75) is 12.5 Å². The second-order valence-electron chi connectivity index (χ2n) is 3.93. The van der Waals surface area contributed by atoms with Gasteiger partial charge in [0.25, 0.3) is 5.91 Å². The first-order chi connectivity index (χ1) is 8.09. The molecule has 17 heavy (non-hydrogen) atoms. The molecule has 0 aromatic carbocycles. The van der Waals surface area contributed by atoms with Crippen LogP contribution in [0.5, 0.6) is 0 Å². The number of aromatic nitrogens is 1. The molecule has 1 aromatic heterocycles. The lowest BCUT2D eigenvalue weighted by Crippen LogP contribution is -2.40. The highest BCUT2D eigenvalue weighted by atomic mass is 35.5. The number of hydrogen-bond donors (Lipinski definition) is 1. The molecule has 2 amide bonds. The lowest BCUT2D eigenvalue weighted by atomic mass is 10.2. The third-order valence-corrected chi connectivity index (χ3v) is 3.05. The fourth-order valence-electron chi connectivity index (χ4n) is 1.75. The number of pyridine rings is 1. The summed E-state index contributed by atoms with van der Waals surface area (Å²) in [5, 5.41) is 2.96. The third kappa shape index (κ3) is 2.39. The second kappa shape index (κ2) is 4.71. The summed E-state index contributed by atoms with van der Waals surface area (Å²) >= 11 is 5.85. The molecule has 0 unspecified atom stereocenters. The van der Waals surface area contributed by atoms with Crippen LogP contribution < -0.4 is 5.32 Å². The van der Waals surface area contributed by atoms with E-state index in [1.165, 1.54) is 18.5 Å². The molecule has 1 N–H and O–H groups in total.